The van der Waals surface area contributed by atoms with Crippen molar-refractivity contribution in [2.45, 2.75) is 12.5 Å². The monoisotopic (exact) mass is 255 g/mol. The van der Waals surface area contributed by atoms with Gasteiger partial charge in [-0.2, -0.15) is 0 Å². The van der Waals surface area contributed by atoms with E-state index in [1.807, 2.05) is 0 Å². The molecule has 2 nitrogen and oxygen atoms in total. The summed E-state index contributed by atoms with van der Waals surface area (Å²) in [7, 11) is 1.73. The first kappa shape index (κ1) is 13.8. The number of benzene rings is 2. The molecule has 0 saturated heterocycles. The number of hydrogen-bond donors (Lipinski definition) is 1. The molecular formula is C17H21NO. The lowest BCUT2D eigenvalue weighted by atomic mass is 9.99. The van der Waals surface area contributed by atoms with E-state index in [1.54, 1.807) is 7.11 Å². The number of methoxy groups -OCH3 is 1. The van der Waals surface area contributed by atoms with Crippen LogP contribution in [0.2, 0.25) is 0 Å². The Labute approximate surface area is 115 Å². The van der Waals surface area contributed by atoms with Crippen LogP contribution in [-0.2, 0) is 11.2 Å². The zero-order valence-electron chi connectivity index (χ0n) is 11.4. The molecule has 0 aliphatic carbocycles. The van der Waals surface area contributed by atoms with Crippen molar-refractivity contribution in [3.8, 4) is 0 Å². The van der Waals surface area contributed by atoms with Crippen molar-refractivity contribution in [1.29, 1.82) is 0 Å². The lowest BCUT2D eigenvalue weighted by Crippen LogP contribution is -2.26. The third kappa shape index (κ3) is 4.51. The maximum Gasteiger partial charge on any atom is 0.0587 e. The molecule has 0 amide bonds. The van der Waals surface area contributed by atoms with Gasteiger partial charge in [-0.05, 0) is 17.5 Å². The molecule has 0 aliphatic rings. The summed E-state index contributed by atoms with van der Waals surface area (Å²) in [6.07, 6.45) is 0.995. The van der Waals surface area contributed by atoms with E-state index in [0.29, 0.717) is 6.04 Å². The third-order valence-corrected chi connectivity index (χ3v) is 3.18. The summed E-state index contributed by atoms with van der Waals surface area (Å²) in [5.74, 6) is 0. The predicted octanol–water partition coefficient (Wildman–Crippen LogP) is 3.21. The summed E-state index contributed by atoms with van der Waals surface area (Å²) >= 11 is 0. The van der Waals surface area contributed by atoms with Gasteiger partial charge in [0.2, 0.25) is 0 Å². The third-order valence-electron chi connectivity index (χ3n) is 3.18. The van der Waals surface area contributed by atoms with Crippen LogP contribution in [0, 0.1) is 0 Å². The number of ether oxygens (including phenoxy) is 1. The average Bonchev–Trinajstić information content (AvgIpc) is 2.48. The lowest BCUT2D eigenvalue weighted by molar-refractivity contribution is 0.195. The highest BCUT2D eigenvalue weighted by atomic mass is 16.5. The van der Waals surface area contributed by atoms with Crippen LogP contribution >= 0.6 is 0 Å². The fourth-order valence-electron chi connectivity index (χ4n) is 2.18. The first-order chi connectivity index (χ1) is 9.40. The minimum Gasteiger partial charge on any atom is -0.383 e. The number of nitrogens with one attached hydrogen (secondary N) is 1. The van der Waals surface area contributed by atoms with Crippen LogP contribution < -0.4 is 5.32 Å². The molecule has 0 bridgehead atoms. The highest BCUT2D eigenvalue weighted by Gasteiger charge is 2.10. The molecule has 2 rings (SSSR count). The molecule has 1 N–H and O–H groups in total. The van der Waals surface area contributed by atoms with Gasteiger partial charge in [0.15, 0.2) is 0 Å². The van der Waals surface area contributed by atoms with E-state index in [4.69, 9.17) is 4.74 Å². The Bertz CT molecular complexity index is 455. The average molecular weight is 255 g/mol. The number of rotatable bonds is 7. The molecule has 0 aromatic heterocycles. The van der Waals surface area contributed by atoms with Gasteiger partial charge in [0.1, 0.15) is 0 Å². The molecule has 0 heterocycles. The van der Waals surface area contributed by atoms with Gasteiger partial charge in [0, 0.05) is 19.7 Å². The standard InChI is InChI=1S/C17H21NO/c1-19-13-12-18-17(16-10-6-3-7-11-16)14-15-8-4-2-5-9-15/h2-11,17-18H,12-14H2,1H3/t17-/m1/s1. The molecule has 0 fully saturated rings. The topological polar surface area (TPSA) is 21.3 Å². The Morgan fingerprint density at radius 2 is 1.58 bits per heavy atom. The second-order valence-electron chi connectivity index (χ2n) is 4.60. The highest BCUT2D eigenvalue weighted by molar-refractivity contribution is 5.23. The molecule has 0 unspecified atom stereocenters. The smallest absolute Gasteiger partial charge is 0.0587 e. The van der Waals surface area contributed by atoms with E-state index in [-0.39, 0.29) is 0 Å². The van der Waals surface area contributed by atoms with Gasteiger partial charge in [-0.3, -0.25) is 0 Å². The molecule has 2 heteroatoms. The Morgan fingerprint density at radius 1 is 0.947 bits per heavy atom. The van der Waals surface area contributed by atoms with Crippen molar-refractivity contribution in [3.63, 3.8) is 0 Å². The molecule has 0 radical (unpaired) electrons. The molecule has 19 heavy (non-hydrogen) atoms. The second kappa shape index (κ2) is 7.72. The fourth-order valence-corrected chi connectivity index (χ4v) is 2.18. The maximum absolute atomic E-state index is 5.12. The molecule has 0 saturated carbocycles. The van der Waals surface area contributed by atoms with Crippen molar-refractivity contribution >= 4 is 0 Å². The number of hydrogen-bond acceptors (Lipinski definition) is 2. The Morgan fingerprint density at radius 3 is 2.21 bits per heavy atom. The molecular weight excluding hydrogens is 234 g/mol. The molecule has 2 aromatic carbocycles. The quantitative estimate of drug-likeness (QED) is 0.767. The molecule has 100 valence electrons. The van der Waals surface area contributed by atoms with Gasteiger partial charge >= 0.3 is 0 Å². The molecule has 2 aromatic rings. The van der Waals surface area contributed by atoms with Crippen molar-refractivity contribution in [2.75, 3.05) is 20.3 Å². The molecule has 1 atom stereocenters. The minimum absolute atomic E-state index is 0.332. The van der Waals surface area contributed by atoms with E-state index in [9.17, 15) is 0 Å². The van der Waals surface area contributed by atoms with E-state index in [0.717, 1.165) is 19.6 Å². The van der Waals surface area contributed by atoms with Gasteiger partial charge in [0.05, 0.1) is 6.61 Å². The summed E-state index contributed by atoms with van der Waals surface area (Å²) in [5.41, 5.74) is 2.67. The van der Waals surface area contributed by atoms with Gasteiger partial charge in [-0.1, -0.05) is 60.7 Å². The zero-order chi connectivity index (χ0) is 13.3. The van der Waals surface area contributed by atoms with E-state index >= 15 is 0 Å². The summed E-state index contributed by atoms with van der Waals surface area (Å²) in [6, 6.07) is 21.5. The van der Waals surface area contributed by atoms with Gasteiger partial charge in [-0.25, -0.2) is 0 Å². The predicted molar refractivity (Wildman–Crippen MR) is 79.2 cm³/mol. The summed E-state index contributed by atoms with van der Waals surface area (Å²) in [4.78, 5) is 0. The molecule has 0 aliphatic heterocycles. The summed E-state index contributed by atoms with van der Waals surface area (Å²) in [5, 5.41) is 3.56. The van der Waals surface area contributed by atoms with Crippen LogP contribution in [0.4, 0.5) is 0 Å². The Kier molecular flexibility index (Phi) is 5.60. The van der Waals surface area contributed by atoms with Crippen molar-refractivity contribution in [3.05, 3.63) is 71.8 Å². The van der Waals surface area contributed by atoms with Crippen molar-refractivity contribution in [1.82, 2.24) is 5.32 Å². The van der Waals surface area contributed by atoms with Crippen LogP contribution in [0.3, 0.4) is 0 Å². The van der Waals surface area contributed by atoms with Crippen LogP contribution in [0.1, 0.15) is 17.2 Å². The second-order valence-corrected chi connectivity index (χ2v) is 4.60. The lowest BCUT2D eigenvalue weighted by Gasteiger charge is -2.19. The van der Waals surface area contributed by atoms with E-state index in [1.165, 1.54) is 11.1 Å². The van der Waals surface area contributed by atoms with Gasteiger partial charge in [-0.15, -0.1) is 0 Å². The first-order valence-electron chi connectivity index (χ1n) is 6.71. The van der Waals surface area contributed by atoms with Crippen LogP contribution in [-0.4, -0.2) is 20.3 Å². The normalized spacial score (nSPS) is 12.3. The maximum atomic E-state index is 5.12. The van der Waals surface area contributed by atoms with E-state index < -0.39 is 0 Å². The Balaban J connectivity index is 2.06. The summed E-state index contributed by atoms with van der Waals surface area (Å²) in [6.45, 7) is 1.60. The SMILES string of the molecule is COCCN[C@H](Cc1ccccc1)c1ccccc1. The zero-order valence-corrected chi connectivity index (χ0v) is 11.4. The molecule has 0 spiro atoms. The van der Waals surface area contributed by atoms with E-state index in [2.05, 4.69) is 66.0 Å². The van der Waals surface area contributed by atoms with Crippen molar-refractivity contribution < 1.29 is 4.74 Å². The van der Waals surface area contributed by atoms with Gasteiger partial charge in [0.25, 0.3) is 0 Å². The Hall–Kier alpha value is -1.64. The largest absolute Gasteiger partial charge is 0.383 e. The fraction of sp³-hybridized carbons (Fsp3) is 0.294. The van der Waals surface area contributed by atoms with Crippen LogP contribution in [0.15, 0.2) is 60.7 Å². The summed E-state index contributed by atoms with van der Waals surface area (Å²) < 4.78 is 5.12. The first-order valence-corrected chi connectivity index (χ1v) is 6.71. The van der Waals surface area contributed by atoms with Gasteiger partial charge < -0.3 is 10.1 Å². The van der Waals surface area contributed by atoms with Crippen LogP contribution in [0.5, 0.6) is 0 Å². The van der Waals surface area contributed by atoms with Crippen LogP contribution in [0.25, 0.3) is 0 Å². The highest BCUT2D eigenvalue weighted by Crippen LogP contribution is 2.17. The van der Waals surface area contributed by atoms with Crippen molar-refractivity contribution in [2.24, 2.45) is 0 Å². The minimum atomic E-state index is 0.332.